The average Bonchev–Trinajstić information content (AvgIpc) is 3.10. The van der Waals surface area contributed by atoms with Gasteiger partial charge in [-0.1, -0.05) is 23.7 Å². The summed E-state index contributed by atoms with van der Waals surface area (Å²) in [6, 6.07) is 18.4. The van der Waals surface area contributed by atoms with Crippen LogP contribution < -0.4 is 10.1 Å². The molecule has 0 atom stereocenters. The Balaban J connectivity index is 1.52. The van der Waals surface area contributed by atoms with Gasteiger partial charge >= 0.3 is 0 Å². The topological polar surface area (TPSA) is 51.5 Å². The van der Waals surface area contributed by atoms with Gasteiger partial charge in [0.25, 0.3) is 5.91 Å². The number of hydrogen-bond acceptors (Lipinski definition) is 3. The highest BCUT2D eigenvalue weighted by Gasteiger charge is 2.11. The first-order chi connectivity index (χ1) is 12.1. The zero-order valence-electron chi connectivity index (χ0n) is 13.2. The molecule has 0 radical (unpaired) electrons. The molecule has 0 aliphatic heterocycles. The molecule has 0 saturated heterocycles. The van der Waals surface area contributed by atoms with Crippen molar-refractivity contribution in [3.8, 4) is 5.75 Å². The molecular weight excluding hydrogens is 453 g/mol. The molecule has 1 N–H and O–H groups in total. The van der Waals surface area contributed by atoms with E-state index in [1.165, 1.54) is 0 Å². The highest BCUT2D eigenvalue weighted by atomic mass is 127. The Hall–Kier alpha value is -1.99. The van der Waals surface area contributed by atoms with Crippen molar-refractivity contribution >= 4 is 40.1 Å². The van der Waals surface area contributed by atoms with Crippen molar-refractivity contribution in [3.63, 3.8) is 0 Å². The van der Waals surface area contributed by atoms with E-state index in [0.29, 0.717) is 17.3 Å². The van der Waals surface area contributed by atoms with Crippen LogP contribution >= 0.6 is 34.2 Å². The highest BCUT2D eigenvalue weighted by Crippen LogP contribution is 2.16. The van der Waals surface area contributed by atoms with Crippen LogP contribution in [-0.2, 0) is 13.2 Å². The fourth-order valence-corrected chi connectivity index (χ4v) is 2.62. The van der Waals surface area contributed by atoms with Crippen LogP contribution in [0.2, 0.25) is 5.02 Å². The molecule has 3 rings (SSSR count). The Bertz CT molecular complexity index is 844. The number of furan rings is 1. The molecule has 1 aromatic heterocycles. The number of amides is 1. The Morgan fingerprint density at radius 2 is 1.76 bits per heavy atom. The van der Waals surface area contributed by atoms with Gasteiger partial charge in [0.1, 0.15) is 18.1 Å². The number of carbonyl (C=O) groups excluding carboxylic acids is 1. The average molecular weight is 468 g/mol. The molecular formula is C19H15ClINO3. The first-order valence-corrected chi connectivity index (χ1v) is 9.05. The zero-order chi connectivity index (χ0) is 17.6. The van der Waals surface area contributed by atoms with Crippen LogP contribution in [0.4, 0.5) is 0 Å². The van der Waals surface area contributed by atoms with Crippen molar-refractivity contribution in [3.05, 3.63) is 86.3 Å². The van der Waals surface area contributed by atoms with Gasteiger partial charge in [0.15, 0.2) is 5.76 Å². The van der Waals surface area contributed by atoms with E-state index >= 15 is 0 Å². The smallest absolute Gasteiger partial charge is 0.287 e. The van der Waals surface area contributed by atoms with Gasteiger partial charge < -0.3 is 14.5 Å². The standard InChI is InChI=1S/C19H15ClINO3/c20-14-3-1-13(2-4-14)11-22-19(23)18-10-9-17(25-18)12-24-16-7-5-15(21)6-8-16/h1-10H,11-12H2,(H,22,23). The third kappa shape index (κ3) is 5.24. The third-order valence-electron chi connectivity index (χ3n) is 3.45. The van der Waals surface area contributed by atoms with Crippen molar-refractivity contribution in [2.45, 2.75) is 13.2 Å². The molecule has 1 heterocycles. The van der Waals surface area contributed by atoms with Crippen molar-refractivity contribution in [1.82, 2.24) is 5.32 Å². The van der Waals surface area contributed by atoms with Gasteiger partial charge in [-0.15, -0.1) is 0 Å². The molecule has 1 amide bonds. The summed E-state index contributed by atoms with van der Waals surface area (Å²) in [5.74, 6) is 1.34. The van der Waals surface area contributed by atoms with Crippen LogP contribution in [0, 0.1) is 3.57 Å². The van der Waals surface area contributed by atoms with Gasteiger partial charge in [0.05, 0.1) is 0 Å². The van der Waals surface area contributed by atoms with E-state index in [1.54, 1.807) is 24.3 Å². The van der Waals surface area contributed by atoms with Crippen LogP contribution in [-0.4, -0.2) is 5.91 Å². The summed E-state index contributed by atoms with van der Waals surface area (Å²) in [6.07, 6.45) is 0. The molecule has 0 aliphatic rings. The van der Waals surface area contributed by atoms with E-state index in [0.717, 1.165) is 14.9 Å². The third-order valence-corrected chi connectivity index (χ3v) is 4.42. The maximum Gasteiger partial charge on any atom is 0.287 e. The maximum atomic E-state index is 12.1. The SMILES string of the molecule is O=C(NCc1ccc(Cl)cc1)c1ccc(COc2ccc(I)cc2)o1. The molecule has 3 aromatic rings. The van der Waals surface area contributed by atoms with Crippen LogP contribution in [0.15, 0.2) is 65.1 Å². The number of benzene rings is 2. The minimum absolute atomic E-state index is 0.259. The molecule has 0 spiro atoms. The summed E-state index contributed by atoms with van der Waals surface area (Å²) >= 11 is 8.08. The van der Waals surface area contributed by atoms with Gasteiger partial charge in [-0.25, -0.2) is 0 Å². The number of nitrogens with one attached hydrogen (secondary N) is 1. The van der Waals surface area contributed by atoms with Gasteiger partial charge in [0, 0.05) is 15.1 Å². The second-order valence-corrected chi connectivity index (χ2v) is 7.00. The minimum Gasteiger partial charge on any atom is -0.486 e. The molecule has 0 saturated carbocycles. The highest BCUT2D eigenvalue weighted by molar-refractivity contribution is 14.1. The first-order valence-electron chi connectivity index (χ1n) is 7.60. The molecule has 128 valence electrons. The number of ether oxygens (including phenoxy) is 1. The van der Waals surface area contributed by atoms with Gasteiger partial charge in [-0.3, -0.25) is 4.79 Å². The van der Waals surface area contributed by atoms with E-state index in [2.05, 4.69) is 27.9 Å². The monoisotopic (exact) mass is 467 g/mol. The fourth-order valence-electron chi connectivity index (χ4n) is 2.13. The summed E-state index contributed by atoms with van der Waals surface area (Å²) in [7, 11) is 0. The van der Waals surface area contributed by atoms with E-state index in [1.807, 2.05) is 36.4 Å². The van der Waals surface area contributed by atoms with Crippen molar-refractivity contribution in [2.24, 2.45) is 0 Å². The second kappa shape index (κ2) is 8.40. The summed E-state index contributed by atoms with van der Waals surface area (Å²) in [4.78, 5) is 12.1. The number of carbonyl (C=O) groups is 1. The summed E-state index contributed by atoms with van der Waals surface area (Å²) in [5, 5.41) is 3.48. The van der Waals surface area contributed by atoms with Crippen LogP contribution in [0.1, 0.15) is 21.9 Å². The Labute approximate surface area is 164 Å². The molecule has 2 aromatic carbocycles. The lowest BCUT2D eigenvalue weighted by Crippen LogP contribution is -2.22. The van der Waals surface area contributed by atoms with E-state index < -0.39 is 0 Å². The largest absolute Gasteiger partial charge is 0.486 e. The Kier molecular flexibility index (Phi) is 5.99. The van der Waals surface area contributed by atoms with Crippen LogP contribution in [0.25, 0.3) is 0 Å². The molecule has 4 nitrogen and oxygen atoms in total. The summed E-state index contributed by atoms with van der Waals surface area (Å²) in [5.41, 5.74) is 0.964. The van der Waals surface area contributed by atoms with E-state index in [4.69, 9.17) is 20.8 Å². The second-order valence-electron chi connectivity index (χ2n) is 5.32. The quantitative estimate of drug-likeness (QED) is 0.516. The van der Waals surface area contributed by atoms with E-state index in [-0.39, 0.29) is 18.3 Å². The lowest BCUT2D eigenvalue weighted by atomic mass is 10.2. The minimum atomic E-state index is -0.268. The Morgan fingerprint density at radius 3 is 2.48 bits per heavy atom. The molecule has 6 heteroatoms. The predicted molar refractivity (Wildman–Crippen MR) is 105 cm³/mol. The van der Waals surface area contributed by atoms with Gasteiger partial charge in [-0.05, 0) is 76.7 Å². The molecule has 0 unspecified atom stereocenters. The predicted octanol–water partition coefficient (Wildman–Crippen LogP) is 5.05. The first kappa shape index (κ1) is 17.8. The lowest BCUT2D eigenvalue weighted by molar-refractivity contribution is 0.0919. The molecule has 0 fully saturated rings. The summed E-state index contributed by atoms with van der Waals surface area (Å²) < 4.78 is 12.3. The summed E-state index contributed by atoms with van der Waals surface area (Å²) in [6.45, 7) is 0.677. The lowest BCUT2D eigenvalue weighted by Gasteiger charge is -2.05. The molecule has 25 heavy (non-hydrogen) atoms. The van der Waals surface area contributed by atoms with Gasteiger partial charge in [0.2, 0.25) is 0 Å². The number of halogens is 2. The maximum absolute atomic E-state index is 12.1. The normalized spacial score (nSPS) is 10.5. The van der Waals surface area contributed by atoms with Crippen LogP contribution in [0.3, 0.4) is 0 Å². The molecule has 0 aliphatic carbocycles. The van der Waals surface area contributed by atoms with Crippen molar-refractivity contribution in [2.75, 3.05) is 0 Å². The van der Waals surface area contributed by atoms with Crippen molar-refractivity contribution in [1.29, 1.82) is 0 Å². The van der Waals surface area contributed by atoms with Crippen molar-refractivity contribution < 1.29 is 13.9 Å². The van der Waals surface area contributed by atoms with Crippen LogP contribution in [0.5, 0.6) is 5.75 Å². The number of hydrogen-bond donors (Lipinski definition) is 1. The molecule has 0 bridgehead atoms. The van der Waals surface area contributed by atoms with E-state index in [9.17, 15) is 4.79 Å². The zero-order valence-corrected chi connectivity index (χ0v) is 16.1. The van der Waals surface area contributed by atoms with Gasteiger partial charge in [-0.2, -0.15) is 0 Å². The number of rotatable bonds is 6. The Morgan fingerprint density at radius 1 is 1.04 bits per heavy atom. The fraction of sp³-hybridized carbons (Fsp3) is 0.105.